The monoisotopic (exact) mass is 408 g/mol. The molecule has 0 spiro atoms. The van der Waals surface area contributed by atoms with E-state index in [1.165, 1.54) is 11.3 Å². The predicted octanol–water partition coefficient (Wildman–Crippen LogP) is 3.63. The van der Waals surface area contributed by atoms with Crippen molar-refractivity contribution in [1.82, 2.24) is 0 Å². The number of benzene rings is 1. The summed E-state index contributed by atoms with van der Waals surface area (Å²) in [5.74, 6) is 5.25. The van der Waals surface area contributed by atoms with Crippen LogP contribution in [0.5, 0.6) is 0 Å². The zero-order valence-corrected chi connectivity index (χ0v) is 17.0. The molecule has 0 aliphatic carbocycles. The molecule has 29 heavy (non-hydrogen) atoms. The van der Waals surface area contributed by atoms with E-state index in [0.717, 1.165) is 16.0 Å². The Bertz CT molecular complexity index is 1190. The number of hydrogen-bond acceptors (Lipinski definition) is 6. The molecule has 1 aromatic carbocycles. The number of ether oxygens (including phenoxy) is 1. The van der Waals surface area contributed by atoms with Crippen molar-refractivity contribution in [3.05, 3.63) is 45.4 Å². The number of fused-ring (bicyclic) bond motifs is 1. The van der Waals surface area contributed by atoms with Crippen molar-refractivity contribution >= 4 is 39.1 Å². The SMILES string of the molecule is CC#CC(=O)Nc1cccc(-c2c(C)sc3c(=O)cc(N4CCOCC4)oc23)c1. The van der Waals surface area contributed by atoms with Gasteiger partial charge >= 0.3 is 0 Å². The molecule has 1 fully saturated rings. The molecule has 0 radical (unpaired) electrons. The topological polar surface area (TPSA) is 71.8 Å². The van der Waals surface area contributed by atoms with Gasteiger partial charge in [0.2, 0.25) is 5.43 Å². The number of rotatable bonds is 3. The fourth-order valence-corrected chi connectivity index (χ4v) is 4.41. The minimum absolute atomic E-state index is 0.0465. The van der Waals surface area contributed by atoms with Gasteiger partial charge in [-0.15, -0.1) is 11.3 Å². The van der Waals surface area contributed by atoms with Gasteiger partial charge in [-0.05, 0) is 37.5 Å². The van der Waals surface area contributed by atoms with E-state index in [1.807, 2.05) is 30.0 Å². The van der Waals surface area contributed by atoms with Crippen LogP contribution in [0.15, 0.2) is 39.5 Å². The van der Waals surface area contributed by atoms with Gasteiger partial charge in [-0.25, -0.2) is 0 Å². The molecule has 4 rings (SSSR count). The van der Waals surface area contributed by atoms with Crippen LogP contribution in [0.4, 0.5) is 11.6 Å². The maximum Gasteiger partial charge on any atom is 0.300 e. The molecule has 0 bridgehead atoms. The van der Waals surface area contributed by atoms with Gasteiger partial charge in [0.05, 0.1) is 13.2 Å². The second kappa shape index (κ2) is 8.11. The minimum Gasteiger partial charge on any atom is -0.439 e. The highest BCUT2D eigenvalue weighted by atomic mass is 32.1. The Balaban J connectivity index is 1.80. The summed E-state index contributed by atoms with van der Waals surface area (Å²) < 4.78 is 12.2. The Labute approximate surface area is 172 Å². The molecule has 3 heterocycles. The van der Waals surface area contributed by atoms with E-state index in [4.69, 9.17) is 9.15 Å². The zero-order valence-electron chi connectivity index (χ0n) is 16.2. The van der Waals surface area contributed by atoms with E-state index in [2.05, 4.69) is 17.2 Å². The van der Waals surface area contributed by atoms with Crippen LogP contribution in [-0.4, -0.2) is 32.2 Å². The molecule has 0 saturated carbocycles. The summed E-state index contributed by atoms with van der Waals surface area (Å²) in [5.41, 5.74) is 2.92. The van der Waals surface area contributed by atoms with Gasteiger partial charge in [0.1, 0.15) is 4.70 Å². The molecule has 0 atom stereocenters. The van der Waals surface area contributed by atoms with Crippen LogP contribution in [0.2, 0.25) is 0 Å². The number of hydrogen-bond donors (Lipinski definition) is 1. The Morgan fingerprint density at radius 1 is 1.24 bits per heavy atom. The first kappa shape index (κ1) is 19.2. The smallest absolute Gasteiger partial charge is 0.300 e. The molecule has 7 heteroatoms. The molecule has 3 aromatic rings. The van der Waals surface area contributed by atoms with E-state index in [9.17, 15) is 9.59 Å². The number of carbonyl (C=O) groups is 1. The summed E-state index contributed by atoms with van der Waals surface area (Å²) in [5, 5.41) is 2.76. The Hall–Kier alpha value is -3.08. The molecule has 2 aromatic heterocycles. The molecule has 1 saturated heterocycles. The first-order valence-electron chi connectivity index (χ1n) is 9.31. The van der Waals surface area contributed by atoms with Gasteiger partial charge in [-0.3, -0.25) is 9.59 Å². The number of anilines is 2. The number of amides is 1. The fraction of sp³-hybridized carbons (Fsp3) is 0.273. The highest BCUT2D eigenvalue weighted by Crippen LogP contribution is 2.39. The maximum atomic E-state index is 12.7. The lowest BCUT2D eigenvalue weighted by atomic mass is 10.0. The summed E-state index contributed by atoms with van der Waals surface area (Å²) in [4.78, 5) is 27.6. The van der Waals surface area contributed by atoms with Gasteiger partial charge in [0, 0.05) is 35.3 Å². The number of morpholine rings is 1. The fourth-order valence-electron chi connectivity index (χ4n) is 3.40. The predicted molar refractivity (Wildman–Crippen MR) is 116 cm³/mol. The van der Waals surface area contributed by atoms with Crippen molar-refractivity contribution in [3.8, 4) is 23.0 Å². The van der Waals surface area contributed by atoms with Crippen molar-refractivity contribution < 1.29 is 13.9 Å². The van der Waals surface area contributed by atoms with Gasteiger partial charge in [-0.1, -0.05) is 18.1 Å². The van der Waals surface area contributed by atoms with E-state index in [-0.39, 0.29) is 11.3 Å². The number of thiophene rings is 1. The average molecular weight is 408 g/mol. The third-order valence-corrected chi connectivity index (χ3v) is 5.80. The largest absolute Gasteiger partial charge is 0.439 e. The molecule has 0 unspecified atom stereocenters. The Kier molecular flexibility index (Phi) is 5.38. The zero-order chi connectivity index (χ0) is 20.4. The van der Waals surface area contributed by atoms with Gasteiger partial charge < -0.3 is 19.4 Å². The minimum atomic E-state index is -0.363. The van der Waals surface area contributed by atoms with Crippen molar-refractivity contribution in [1.29, 1.82) is 0 Å². The van der Waals surface area contributed by atoms with Crippen LogP contribution < -0.4 is 15.6 Å². The van der Waals surface area contributed by atoms with Crippen LogP contribution in [0.25, 0.3) is 21.4 Å². The molecule has 1 aliphatic rings. The van der Waals surface area contributed by atoms with Crippen molar-refractivity contribution in [2.45, 2.75) is 13.8 Å². The lowest BCUT2D eigenvalue weighted by Crippen LogP contribution is -2.36. The number of nitrogens with zero attached hydrogens (tertiary/aromatic N) is 1. The van der Waals surface area contributed by atoms with Crippen molar-refractivity contribution in [2.24, 2.45) is 0 Å². The molecule has 1 aliphatic heterocycles. The Morgan fingerprint density at radius 2 is 2.03 bits per heavy atom. The number of carbonyl (C=O) groups excluding carboxylic acids is 1. The highest BCUT2D eigenvalue weighted by molar-refractivity contribution is 7.19. The third kappa shape index (κ3) is 3.90. The summed E-state index contributed by atoms with van der Waals surface area (Å²) in [6, 6.07) is 9.03. The second-order valence-corrected chi connectivity index (χ2v) is 7.87. The van der Waals surface area contributed by atoms with Crippen LogP contribution in [0, 0.1) is 18.8 Å². The van der Waals surface area contributed by atoms with E-state index in [1.54, 1.807) is 19.1 Å². The summed E-state index contributed by atoms with van der Waals surface area (Å²) >= 11 is 1.42. The number of aryl methyl sites for hydroxylation is 1. The molecular weight excluding hydrogens is 388 g/mol. The Morgan fingerprint density at radius 3 is 2.79 bits per heavy atom. The molecule has 1 N–H and O–H groups in total. The van der Waals surface area contributed by atoms with E-state index < -0.39 is 0 Å². The summed E-state index contributed by atoms with van der Waals surface area (Å²) in [7, 11) is 0. The molecule has 6 nitrogen and oxygen atoms in total. The van der Waals surface area contributed by atoms with Gasteiger partial charge in [0.25, 0.3) is 5.91 Å². The van der Waals surface area contributed by atoms with Crippen molar-refractivity contribution in [2.75, 3.05) is 36.5 Å². The van der Waals surface area contributed by atoms with E-state index >= 15 is 0 Å². The quantitative estimate of drug-likeness (QED) is 0.670. The van der Waals surface area contributed by atoms with Crippen LogP contribution in [0.1, 0.15) is 11.8 Å². The van der Waals surface area contributed by atoms with Gasteiger partial charge in [-0.2, -0.15) is 0 Å². The lowest BCUT2D eigenvalue weighted by Gasteiger charge is -2.27. The third-order valence-electron chi connectivity index (χ3n) is 4.70. The molecule has 148 valence electrons. The van der Waals surface area contributed by atoms with Crippen molar-refractivity contribution in [3.63, 3.8) is 0 Å². The van der Waals surface area contributed by atoms with E-state index in [0.29, 0.717) is 48.2 Å². The second-order valence-electron chi connectivity index (χ2n) is 6.65. The van der Waals surface area contributed by atoms with Crippen LogP contribution >= 0.6 is 11.3 Å². The number of nitrogens with one attached hydrogen (secondary N) is 1. The lowest BCUT2D eigenvalue weighted by molar-refractivity contribution is -0.111. The normalized spacial score (nSPS) is 13.8. The summed E-state index contributed by atoms with van der Waals surface area (Å²) in [6.45, 7) is 6.18. The average Bonchev–Trinajstić information content (AvgIpc) is 3.05. The first-order chi connectivity index (χ1) is 14.1. The summed E-state index contributed by atoms with van der Waals surface area (Å²) in [6.07, 6.45) is 0. The maximum absolute atomic E-state index is 12.7. The standard InChI is InChI=1S/C22H20N2O4S/c1-3-5-18(26)23-16-7-4-6-15(12-16)20-14(2)29-22-17(25)13-19(28-21(20)22)24-8-10-27-11-9-24/h4,6-7,12-13H,8-11H2,1-2H3,(H,23,26). The van der Waals surface area contributed by atoms with Crippen LogP contribution in [0.3, 0.4) is 0 Å². The molecular formula is C22H20N2O4S. The van der Waals surface area contributed by atoms with Crippen LogP contribution in [-0.2, 0) is 9.53 Å². The van der Waals surface area contributed by atoms with Gasteiger partial charge in [0.15, 0.2) is 11.5 Å². The molecule has 1 amide bonds. The first-order valence-corrected chi connectivity index (χ1v) is 10.1. The highest BCUT2D eigenvalue weighted by Gasteiger charge is 2.20.